The van der Waals surface area contributed by atoms with Crippen LogP contribution in [0.2, 0.25) is 0 Å². The predicted octanol–water partition coefficient (Wildman–Crippen LogP) is 2.94. The van der Waals surface area contributed by atoms with Gasteiger partial charge in [-0.25, -0.2) is 0 Å². The molecule has 0 bridgehead atoms. The second-order valence-corrected chi connectivity index (χ2v) is 4.91. The summed E-state index contributed by atoms with van der Waals surface area (Å²) in [7, 11) is 0. The number of hydrogen-bond donors (Lipinski definition) is 1. The van der Waals surface area contributed by atoms with Gasteiger partial charge in [-0.3, -0.25) is 0 Å². The topological polar surface area (TPSA) is 29.5 Å². The van der Waals surface area contributed by atoms with Gasteiger partial charge in [-0.15, -0.1) is 0 Å². The van der Waals surface area contributed by atoms with Crippen LogP contribution in [-0.2, 0) is 11.2 Å². The van der Waals surface area contributed by atoms with Gasteiger partial charge in [-0.05, 0) is 25.3 Å². The molecule has 1 saturated carbocycles. The highest BCUT2D eigenvalue weighted by Crippen LogP contribution is 2.37. The maximum absolute atomic E-state index is 10.5. The summed E-state index contributed by atoms with van der Waals surface area (Å²) in [6, 6.07) is 10.2. The third kappa shape index (κ3) is 2.88. The molecule has 2 nitrogen and oxygen atoms in total. The van der Waals surface area contributed by atoms with Gasteiger partial charge in [-0.1, -0.05) is 43.2 Å². The van der Waals surface area contributed by atoms with Crippen LogP contribution in [0.15, 0.2) is 30.3 Å². The van der Waals surface area contributed by atoms with Crippen LogP contribution in [0.5, 0.6) is 0 Å². The molecule has 1 aliphatic rings. The highest BCUT2D eigenvalue weighted by Gasteiger charge is 2.41. The van der Waals surface area contributed by atoms with E-state index >= 15 is 0 Å². The van der Waals surface area contributed by atoms with Gasteiger partial charge < -0.3 is 9.84 Å². The Morgan fingerprint density at radius 2 is 1.88 bits per heavy atom. The van der Waals surface area contributed by atoms with Crippen molar-refractivity contribution in [2.24, 2.45) is 0 Å². The molecule has 0 radical (unpaired) electrons. The number of benzene rings is 1. The lowest BCUT2D eigenvalue weighted by Gasteiger charge is -2.34. The van der Waals surface area contributed by atoms with Crippen molar-refractivity contribution in [1.82, 2.24) is 0 Å². The second kappa shape index (κ2) is 5.65. The third-order valence-electron chi connectivity index (χ3n) is 3.76. The summed E-state index contributed by atoms with van der Waals surface area (Å²) < 4.78 is 5.87. The molecule has 1 atom stereocenters. The standard InChI is InChI=1S/C15H22O2/c1-2-17-15(10-6-7-11-15)14(16)12-13-8-4-3-5-9-13/h3-5,8-9,14,16H,2,6-7,10-12H2,1H3. The molecule has 1 aromatic rings. The SMILES string of the molecule is CCOC1(C(O)Cc2ccccc2)CCCC1. The van der Waals surface area contributed by atoms with Crippen molar-refractivity contribution in [2.75, 3.05) is 6.61 Å². The largest absolute Gasteiger partial charge is 0.390 e. The van der Waals surface area contributed by atoms with Crippen molar-refractivity contribution in [3.63, 3.8) is 0 Å². The van der Waals surface area contributed by atoms with E-state index in [1.165, 1.54) is 18.4 Å². The lowest BCUT2D eigenvalue weighted by Crippen LogP contribution is -2.43. The van der Waals surface area contributed by atoms with E-state index in [0.29, 0.717) is 13.0 Å². The summed E-state index contributed by atoms with van der Waals surface area (Å²) in [5.74, 6) is 0. The first-order valence-electron chi connectivity index (χ1n) is 6.63. The zero-order valence-corrected chi connectivity index (χ0v) is 10.6. The van der Waals surface area contributed by atoms with Gasteiger partial charge in [0, 0.05) is 13.0 Å². The van der Waals surface area contributed by atoms with Crippen LogP contribution in [-0.4, -0.2) is 23.4 Å². The number of ether oxygens (including phenoxy) is 1. The highest BCUT2D eigenvalue weighted by molar-refractivity contribution is 5.16. The third-order valence-corrected chi connectivity index (χ3v) is 3.76. The van der Waals surface area contributed by atoms with Gasteiger partial charge in [0.15, 0.2) is 0 Å². The Hall–Kier alpha value is -0.860. The van der Waals surface area contributed by atoms with E-state index in [9.17, 15) is 5.11 Å². The molecule has 0 aliphatic heterocycles. The predicted molar refractivity (Wildman–Crippen MR) is 69.0 cm³/mol. The fourth-order valence-electron chi connectivity index (χ4n) is 2.86. The van der Waals surface area contributed by atoms with E-state index in [4.69, 9.17) is 4.74 Å². The molecule has 0 aromatic heterocycles. The molecule has 1 unspecified atom stereocenters. The number of aliphatic hydroxyl groups excluding tert-OH is 1. The molecule has 94 valence electrons. The first-order valence-corrected chi connectivity index (χ1v) is 6.63. The minimum absolute atomic E-state index is 0.287. The fraction of sp³-hybridized carbons (Fsp3) is 0.600. The zero-order valence-electron chi connectivity index (χ0n) is 10.6. The Kier molecular flexibility index (Phi) is 4.19. The van der Waals surface area contributed by atoms with Crippen LogP contribution >= 0.6 is 0 Å². The average Bonchev–Trinajstić information content (AvgIpc) is 2.81. The average molecular weight is 234 g/mol. The van der Waals surface area contributed by atoms with Crippen molar-refractivity contribution in [3.05, 3.63) is 35.9 Å². The smallest absolute Gasteiger partial charge is 0.0943 e. The van der Waals surface area contributed by atoms with Crippen LogP contribution < -0.4 is 0 Å². The van der Waals surface area contributed by atoms with E-state index in [-0.39, 0.29) is 11.7 Å². The summed E-state index contributed by atoms with van der Waals surface area (Å²) >= 11 is 0. The molecule has 0 heterocycles. The lowest BCUT2D eigenvalue weighted by atomic mass is 9.90. The van der Waals surface area contributed by atoms with E-state index < -0.39 is 0 Å². The fourth-order valence-corrected chi connectivity index (χ4v) is 2.86. The zero-order chi connectivity index (χ0) is 12.1. The van der Waals surface area contributed by atoms with Crippen molar-refractivity contribution in [3.8, 4) is 0 Å². The quantitative estimate of drug-likeness (QED) is 0.848. The van der Waals surface area contributed by atoms with Crippen LogP contribution in [0.25, 0.3) is 0 Å². The van der Waals surface area contributed by atoms with Gasteiger partial charge in [0.05, 0.1) is 11.7 Å². The van der Waals surface area contributed by atoms with Crippen molar-refractivity contribution in [1.29, 1.82) is 0 Å². The molecular weight excluding hydrogens is 212 g/mol. The summed E-state index contributed by atoms with van der Waals surface area (Å²) in [5.41, 5.74) is 0.899. The van der Waals surface area contributed by atoms with Crippen LogP contribution in [0, 0.1) is 0 Å². The van der Waals surface area contributed by atoms with Gasteiger partial charge in [-0.2, -0.15) is 0 Å². The summed E-state index contributed by atoms with van der Waals surface area (Å²) in [6.07, 6.45) is 4.65. The van der Waals surface area contributed by atoms with Crippen LogP contribution in [0.3, 0.4) is 0 Å². The van der Waals surface area contributed by atoms with Crippen molar-refractivity contribution >= 4 is 0 Å². The minimum Gasteiger partial charge on any atom is -0.390 e. The molecule has 0 saturated heterocycles. The van der Waals surface area contributed by atoms with Crippen LogP contribution in [0.4, 0.5) is 0 Å². The Morgan fingerprint density at radius 3 is 2.47 bits per heavy atom. The molecule has 1 N–H and O–H groups in total. The van der Waals surface area contributed by atoms with Gasteiger partial charge in [0.1, 0.15) is 0 Å². The molecule has 0 amide bonds. The van der Waals surface area contributed by atoms with E-state index in [2.05, 4.69) is 12.1 Å². The van der Waals surface area contributed by atoms with Crippen LogP contribution in [0.1, 0.15) is 38.2 Å². The Bertz CT molecular complexity index is 328. The maximum atomic E-state index is 10.5. The molecule has 1 aromatic carbocycles. The molecule has 17 heavy (non-hydrogen) atoms. The lowest BCUT2D eigenvalue weighted by molar-refractivity contribution is -0.115. The van der Waals surface area contributed by atoms with Crippen molar-refractivity contribution in [2.45, 2.75) is 50.7 Å². The Morgan fingerprint density at radius 1 is 1.24 bits per heavy atom. The monoisotopic (exact) mass is 234 g/mol. The number of rotatable bonds is 5. The molecule has 2 heteroatoms. The van der Waals surface area contributed by atoms with E-state index in [1.54, 1.807) is 0 Å². The Labute approximate surface area is 104 Å². The van der Waals surface area contributed by atoms with E-state index in [0.717, 1.165) is 12.8 Å². The maximum Gasteiger partial charge on any atom is 0.0943 e. The van der Waals surface area contributed by atoms with E-state index in [1.807, 2.05) is 25.1 Å². The first kappa shape index (κ1) is 12.6. The molecule has 1 fully saturated rings. The normalized spacial score (nSPS) is 20.4. The highest BCUT2D eigenvalue weighted by atomic mass is 16.5. The van der Waals surface area contributed by atoms with Gasteiger partial charge in [0.2, 0.25) is 0 Å². The van der Waals surface area contributed by atoms with Gasteiger partial charge in [0.25, 0.3) is 0 Å². The van der Waals surface area contributed by atoms with Crippen molar-refractivity contribution < 1.29 is 9.84 Å². The molecule has 2 rings (SSSR count). The summed E-state index contributed by atoms with van der Waals surface area (Å²) in [5, 5.41) is 10.5. The number of hydrogen-bond acceptors (Lipinski definition) is 2. The molecule has 1 aliphatic carbocycles. The van der Waals surface area contributed by atoms with Gasteiger partial charge >= 0.3 is 0 Å². The molecular formula is C15H22O2. The minimum atomic E-state index is -0.382. The number of aliphatic hydroxyl groups is 1. The second-order valence-electron chi connectivity index (χ2n) is 4.91. The Balaban J connectivity index is 2.04. The molecule has 0 spiro atoms. The summed E-state index contributed by atoms with van der Waals surface area (Å²) in [6.45, 7) is 2.70. The summed E-state index contributed by atoms with van der Waals surface area (Å²) in [4.78, 5) is 0. The first-order chi connectivity index (χ1) is 8.27.